The molecule has 0 N–H and O–H groups in total. The van der Waals surface area contributed by atoms with Crippen LogP contribution in [-0.2, 0) is 7.05 Å². The Labute approximate surface area is 171 Å². The molecule has 2 aromatic rings. The lowest BCUT2D eigenvalue weighted by Crippen LogP contribution is -2.60. The SMILES string of the molecule is COc1nc(C(=O)N2C[C@@H]3C[C@H](C2)[C@@H]2CCC[C@H](c4ccccc4)N2C3)nn1C. The van der Waals surface area contributed by atoms with E-state index in [1.165, 1.54) is 35.9 Å². The van der Waals surface area contributed by atoms with E-state index in [9.17, 15) is 4.79 Å². The quantitative estimate of drug-likeness (QED) is 0.799. The zero-order valence-corrected chi connectivity index (χ0v) is 17.2. The summed E-state index contributed by atoms with van der Waals surface area (Å²) in [4.78, 5) is 22.1. The number of amides is 1. The van der Waals surface area contributed by atoms with Gasteiger partial charge in [0.25, 0.3) is 5.91 Å². The van der Waals surface area contributed by atoms with Gasteiger partial charge in [-0.1, -0.05) is 30.3 Å². The molecule has 0 saturated carbocycles. The first-order valence-electron chi connectivity index (χ1n) is 10.7. The maximum atomic E-state index is 13.1. The smallest absolute Gasteiger partial charge is 0.314 e. The van der Waals surface area contributed by atoms with E-state index in [1.807, 2.05) is 4.90 Å². The highest BCUT2D eigenvalue weighted by Gasteiger charge is 2.46. The van der Waals surface area contributed by atoms with Gasteiger partial charge in [-0.3, -0.25) is 9.69 Å². The monoisotopic (exact) mass is 395 g/mol. The number of carbonyl (C=O) groups is 1. The molecule has 1 aromatic carbocycles. The maximum Gasteiger partial charge on any atom is 0.314 e. The fraction of sp³-hybridized carbons (Fsp3) is 0.591. The minimum atomic E-state index is -0.0672. The molecule has 0 aliphatic carbocycles. The van der Waals surface area contributed by atoms with Crippen molar-refractivity contribution < 1.29 is 9.53 Å². The molecule has 2 bridgehead atoms. The summed E-state index contributed by atoms with van der Waals surface area (Å²) in [6.45, 7) is 2.67. The number of ether oxygens (including phenoxy) is 1. The maximum absolute atomic E-state index is 13.1. The van der Waals surface area contributed by atoms with E-state index < -0.39 is 0 Å². The predicted octanol–water partition coefficient (Wildman–Crippen LogP) is 2.51. The third-order valence-electron chi connectivity index (χ3n) is 6.96. The minimum absolute atomic E-state index is 0.0672. The number of hydrogen-bond donors (Lipinski definition) is 0. The zero-order chi connectivity index (χ0) is 20.0. The van der Waals surface area contributed by atoms with Gasteiger partial charge in [0.1, 0.15) is 0 Å². The molecule has 7 nitrogen and oxygen atoms in total. The third kappa shape index (κ3) is 3.31. The van der Waals surface area contributed by atoms with Crippen molar-refractivity contribution in [1.82, 2.24) is 24.6 Å². The molecule has 0 spiro atoms. The van der Waals surface area contributed by atoms with Crippen molar-refractivity contribution in [3.8, 4) is 6.01 Å². The molecule has 1 aromatic heterocycles. The van der Waals surface area contributed by atoms with E-state index in [0.717, 1.165) is 19.6 Å². The first kappa shape index (κ1) is 18.6. The van der Waals surface area contributed by atoms with Gasteiger partial charge in [-0.05, 0) is 43.1 Å². The summed E-state index contributed by atoms with van der Waals surface area (Å²) in [5.41, 5.74) is 1.44. The molecule has 7 heteroatoms. The Morgan fingerprint density at radius 2 is 1.97 bits per heavy atom. The lowest BCUT2D eigenvalue weighted by Gasteiger charge is -2.55. The molecule has 3 aliphatic rings. The number of piperidine rings is 3. The van der Waals surface area contributed by atoms with Gasteiger partial charge >= 0.3 is 6.01 Å². The predicted molar refractivity (Wildman–Crippen MR) is 109 cm³/mol. The van der Waals surface area contributed by atoms with Crippen molar-refractivity contribution in [3.63, 3.8) is 0 Å². The molecule has 4 heterocycles. The second-order valence-corrected chi connectivity index (χ2v) is 8.74. The number of carbonyl (C=O) groups excluding carboxylic acids is 1. The summed E-state index contributed by atoms with van der Waals surface area (Å²) < 4.78 is 6.69. The number of fused-ring (bicyclic) bond motifs is 4. The van der Waals surface area contributed by atoms with Crippen LogP contribution in [-0.4, -0.2) is 63.3 Å². The molecule has 0 unspecified atom stereocenters. The Balaban J connectivity index is 1.35. The largest absolute Gasteiger partial charge is 0.467 e. The third-order valence-corrected chi connectivity index (χ3v) is 6.96. The normalized spacial score (nSPS) is 29.4. The molecule has 0 radical (unpaired) electrons. The van der Waals surface area contributed by atoms with Gasteiger partial charge in [0.15, 0.2) is 0 Å². The Bertz CT molecular complexity index is 883. The Morgan fingerprint density at radius 3 is 2.72 bits per heavy atom. The summed E-state index contributed by atoms with van der Waals surface area (Å²) in [6.07, 6.45) is 4.96. The Kier molecular flexibility index (Phi) is 4.78. The van der Waals surface area contributed by atoms with E-state index in [1.54, 1.807) is 14.2 Å². The number of nitrogens with zero attached hydrogens (tertiary/aromatic N) is 5. The van der Waals surface area contributed by atoms with Gasteiger partial charge < -0.3 is 9.64 Å². The highest BCUT2D eigenvalue weighted by Crippen LogP contribution is 2.44. The summed E-state index contributed by atoms with van der Waals surface area (Å²) >= 11 is 0. The highest BCUT2D eigenvalue weighted by atomic mass is 16.5. The Morgan fingerprint density at radius 1 is 1.14 bits per heavy atom. The number of aromatic nitrogens is 3. The molecule has 3 saturated heterocycles. The number of rotatable bonds is 3. The van der Waals surface area contributed by atoms with Crippen LogP contribution < -0.4 is 4.74 Å². The van der Waals surface area contributed by atoms with Crippen LogP contribution in [0.5, 0.6) is 6.01 Å². The highest BCUT2D eigenvalue weighted by molar-refractivity contribution is 5.90. The molecular formula is C22H29N5O2. The van der Waals surface area contributed by atoms with E-state index in [0.29, 0.717) is 29.9 Å². The number of likely N-dealkylation sites (tertiary alicyclic amines) is 1. The standard InChI is InChI=1S/C22H29N5O2/c1-25-22(29-2)23-20(24-25)21(28)26-12-15-11-17(14-26)19-10-6-9-18(27(19)13-15)16-7-4-3-5-8-16/h3-5,7-8,15,17-19H,6,9-14H2,1-2H3/t15-,17+,18+,19-/m0/s1. The minimum Gasteiger partial charge on any atom is -0.467 e. The fourth-order valence-corrected chi connectivity index (χ4v) is 5.79. The topological polar surface area (TPSA) is 63.5 Å². The second-order valence-electron chi connectivity index (χ2n) is 8.74. The molecule has 154 valence electrons. The van der Waals surface area contributed by atoms with E-state index in [-0.39, 0.29) is 11.7 Å². The van der Waals surface area contributed by atoms with Gasteiger partial charge in [-0.15, -0.1) is 5.10 Å². The van der Waals surface area contributed by atoms with Crippen LogP contribution in [0.25, 0.3) is 0 Å². The van der Waals surface area contributed by atoms with Gasteiger partial charge in [-0.25, -0.2) is 4.68 Å². The molecular weight excluding hydrogens is 366 g/mol. The zero-order valence-electron chi connectivity index (χ0n) is 17.2. The molecule has 1 amide bonds. The van der Waals surface area contributed by atoms with Crippen molar-refractivity contribution in [2.24, 2.45) is 18.9 Å². The van der Waals surface area contributed by atoms with Gasteiger partial charge in [0.2, 0.25) is 5.82 Å². The van der Waals surface area contributed by atoms with Crippen LogP contribution in [0.4, 0.5) is 0 Å². The van der Waals surface area contributed by atoms with Crippen molar-refractivity contribution >= 4 is 5.91 Å². The molecule has 3 fully saturated rings. The van der Waals surface area contributed by atoms with Crippen LogP contribution in [0.3, 0.4) is 0 Å². The number of aryl methyl sites for hydroxylation is 1. The summed E-state index contributed by atoms with van der Waals surface area (Å²) in [6, 6.07) is 12.4. The number of benzene rings is 1. The molecule has 29 heavy (non-hydrogen) atoms. The lowest BCUT2D eigenvalue weighted by atomic mass is 9.74. The van der Waals surface area contributed by atoms with Crippen molar-refractivity contribution in [1.29, 1.82) is 0 Å². The Hall–Kier alpha value is -2.41. The van der Waals surface area contributed by atoms with Crippen LogP contribution in [0.2, 0.25) is 0 Å². The first-order chi connectivity index (χ1) is 14.1. The summed E-state index contributed by atoms with van der Waals surface area (Å²) in [5, 5.41) is 4.26. The second kappa shape index (κ2) is 7.44. The molecule has 3 aliphatic heterocycles. The van der Waals surface area contributed by atoms with E-state index >= 15 is 0 Å². The van der Waals surface area contributed by atoms with Gasteiger partial charge in [-0.2, -0.15) is 4.98 Å². The van der Waals surface area contributed by atoms with Crippen molar-refractivity contribution in [3.05, 3.63) is 41.7 Å². The first-order valence-corrected chi connectivity index (χ1v) is 10.7. The average molecular weight is 396 g/mol. The summed E-state index contributed by atoms with van der Waals surface area (Å²) in [7, 11) is 3.29. The van der Waals surface area contributed by atoms with Crippen LogP contribution in [0, 0.1) is 11.8 Å². The van der Waals surface area contributed by atoms with Crippen LogP contribution in [0.1, 0.15) is 47.9 Å². The molecule has 4 atom stereocenters. The molecule has 5 rings (SSSR count). The van der Waals surface area contributed by atoms with E-state index in [2.05, 4.69) is 45.3 Å². The average Bonchev–Trinajstić information content (AvgIpc) is 3.14. The van der Waals surface area contributed by atoms with Crippen LogP contribution in [0.15, 0.2) is 30.3 Å². The van der Waals surface area contributed by atoms with Crippen LogP contribution >= 0.6 is 0 Å². The van der Waals surface area contributed by atoms with Gasteiger partial charge in [0.05, 0.1) is 7.11 Å². The summed E-state index contributed by atoms with van der Waals surface area (Å²) in [5.74, 6) is 1.22. The van der Waals surface area contributed by atoms with Crippen molar-refractivity contribution in [2.75, 3.05) is 26.7 Å². The number of methoxy groups -OCH3 is 1. The lowest BCUT2D eigenvalue weighted by molar-refractivity contribution is -0.0513. The van der Waals surface area contributed by atoms with Gasteiger partial charge in [0, 0.05) is 38.8 Å². The number of hydrogen-bond acceptors (Lipinski definition) is 5. The van der Waals surface area contributed by atoms with Crippen molar-refractivity contribution in [2.45, 2.75) is 37.8 Å². The van der Waals surface area contributed by atoms with E-state index in [4.69, 9.17) is 4.74 Å². The fourth-order valence-electron chi connectivity index (χ4n) is 5.79.